The van der Waals surface area contributed by atoms with Crippen molar-refractivity contribution in [3.63, 3.8) is 0 Å². The fourth-order valence-electron chi connectivity index (χ4n) is 5.27. The first kappa shape index (κ1) is 36.5. The number of nitrogens with zero attached hydrogens (tertiary/aromatic N) is 1. The number of hydrogen-bond acceptors (Lipinski definition) is 8. The molecule has 0 saturated carbocycles. The molecule has 1 aliphatic heterocycles. The Hall–Kier alpha value is -3.95. The summed E-state index contributed by atoms with van der Waals surface area (Å²) in [7, 11) is 1.83. The van der Waals surface area contributed by atoms with Crippen molar-refractivity contribution in [2.24, 2.45) is 5.92 Å². The van der Waals surface area contributed by atoms with Crippen molar-refractivity contribution in [3.05, 3.63) is 89.5 Å². The van der Waals surface area contributed by atoms with Crippen molar-refractivity contribution >= 4 is 18.3 Å². The van der Waals surface area contributed by atoms with Crippen LogP contribution in [-0.4, -0.2) is 81.8 Å². The molecule has 0 aromatic heterocycles. The summed E-state index contributed by atoms with van der Waals surface area (Å²) in [5.74, 6) is 0.160. The van der Waals surface area contributed by atoms with Gasteiger partial charge in [0.15, 0.2) is 6.29 Å². The van der Waals surface area contributed by atoms with Gasteiger partial charge < -0.3 is 24.8 Å². The first-order valence-electron chi connectivity index (χ1n) is 16.3. The van der Waals surface area contributed by atoms with Crippen LogP contribution in [0.3, 0.4) is 0 Å². The average Bonchev–Trinajstić information content (AvgIpc) is 3.04. The zero-order valence-corrected chi connectivity index (χ0v) is 27.8. The van der Waals surface area contributed by atoms with E-state index in [1.165, 1.54) is 5.57 Å². The van der Waals surface area contributed by atoms with E-state index >= 15 is 0 Å². The van der Waals surface area contributed by atoms with Crippen LogP contribution in [0.5, 0.6) is 5.75 Å². The molecule has 2 N–H and O–H groups in total. The van der Waals surface area contributed by atoms with E-state index < -0.39 is 11.5 Å². The molecule has 0 radical (unpaired) electrons. The van der Waals surface area contributed by atoms with Crippen LogP contribution >= 0.6 is 0 Å². The van der Waals surface area contributed by atoms with Gasteiger partial charge >= 0.3 is 12.1 Å². The molecule has 250 valence electrons. The zero-order valence-electron chi connectivity index (χ0n) is 27.8. The van der Waals surface area contributed by atoms with E-state index in [1.54, 1.807) is 6.07 Å². The van der Waals surface area contributed by atoms with Crippen molar-refractivity contribution in [2.45, 2.75) is 58.0 Å². The number of aldehydes is 1. The summed E-state index contributed by atoms with van der Waals surface area (Å²) in [6.45, 7) is 10.4. The predicted molar refractivity (Wildman–Crippen MR) is 181 cm³/mol. The third kappa shape index (κ3) is 13.6. The van der Waals surface area contributed by atoms with Crippen molar-refractivity contribution in [2.75, 3.05) is 53.0 Å². The molecule has 2 aromatic rings. The van der Waals surface area contributed by atoms with Crippen LogP contribution in [0.25, 0.3) is 0 Å². The van der Waals surface area contributed by atoms with Crippen molar-refractivity contribution in [3.8, 4) is 5.75 Å². The summed E-state index contributed by atoms with van der Waals surface area (Å²) < 4.78 is 16.3. The van der Waals surface area contributed by atoms with E-state index in [-0.39, 0.29) is 18.7 Å². The highest BCUT2D eigenvalue weighted by molar-refractivity contribution is 5.82. The van der Waals surface area contributed by atoms with Crippen molar-refractivity contribution < 1.29 is 28.6 Å². The third-order valence-corrected chi connectivity index (χ3v) is 7.57. The highest BCUT2D eigenvalue weighted by atomic mass is 16.6. The van der Waals surface area contributed by atoms with Gasteiger partial charge in [-0.05, 0) is 101 Å². The molecule has 1 fully saturated rings. The number of benzene rings is 2. The minimum atomic E-state index is -0.536. The van der Waals surface area contributed by atoms with Gasteiger partial charge in [0, 0.05) is 19.6 Å². The summed E-state index contributed by atoms with van der Waals surface area (Å²) in [4.78, 5) is 37.4. The maximum Gasteiger partial charge on any atom is 0.407 e. The minimum Gasteiger partial charge on any atom is -0.486 e. The lowest BCUT2D eigenvalue weighted by atomic mass is 9.91. The number of nitrogens with one attached hydrogen (secondary N) is 2. The number of carbonyl (C=O) groups excluding carboxylic acids is 3. The Kier molecular flexibility index (Phi) is 15.5. The SMILES string of the molecule is CNCCNC(=O)OC(C)(C)C.O=CCOc1cccc(C(C(=O)OCC2CCN(CC3=CCCC=C3)CC2)c2ccccc2)c1. The number of rotatable bonds is 13. The molecular formula is C37H51N3O6. The highest BCUT2D eigenvalue weighted by Crippen LogP contribution is 2.29. The Bertz CT molecular complexity index is 1280. The second-order valence-electron chi connectivity index (χ2n) is 12.5. The molecule has 1 unspecified atom stereocenters. The van der Waals surface area contributed by atoms with Crippen LogP contribution in [0, 0.1) is 5.92 Å². The number of alkyl carbamates (subject to hydrolysis) is 1. The van der Waals surface area contributed by atoms with Crippen LogP contribution in [0.4, 0.5) is 4.79 Å². The molecule has 4 rings (SSSR count). The average molecular weight is 634 g/mol. The van der Waals surface area contributed by atoms with Gasteiger partial charge in [-0.25, -0.2) is 4.79 Å². The van der Waals surface area contributed by atoms with Crippen LogP contribution in [0.15, 0.2) is 78.4 Å². The van der Waals surface area contributed by atoms with Crippen LogP contribution in [-0.2, 0) is 19.1 Å². The molecule has 46 heavy (non-hydrogen) atoms. The lowest BCUT2D eigenvalue weighted by molar-refractivity contribution is -0.146. The van der Waals surface area contributed by atoms with Gasteiger partial charge in [0.1, 0.15) is 23.9 Å². The summed E-state index contributed by atoms with van der Waals surface area (Å²) in [5.41, 5.74) is 2.68. The van der Waals surface area contributed by atoms with Gasteiger partial charge in [-0.15, -0.1) is 0 Å². The number of likely N-dealkylation sites (tertiary alicyclic amines) is 1. The Morgan fingerprint density at radius 2 is 1.74 bits per heavy atom. The standard InChI is InChI=1S/C29H33NO4.C8H18N2O2/c31-18-19-33-27-13-7-12-26(20-27)28(25-10-5-2-6-11-25)29(32)34-22-24-14-16-30(17-15-24)21-23-8-3-1-4-9-23;1-8(2,3)12-7(11)10-6-5-9-4/h2-3,5-13,18,20,24,28H,1,4,14-17,19,21-22H2;9H,5-6H2,1-4H3,(H,10,11). The number of ether oxygens (including phenoxy) is 3. The molecule has 0 spiro atoms. The topological polar surface area (TPSA) is 106 Å². The van der Waals surface area contributed by atoms with Crippen molar-refractivity contribution in [1.82, 2.24) is 15.5 Å². The Morgan fingerprint density at radius 1 is 1.00 bits per heavy atom. The summed E-state index contributed by atoms with van der Waals surface area (Å²) in [6.07, 6.45) is 11.6. The lowest BCUT2D eigenvalue weighted by Gasteiger charge is -2.32. The van der Waals surface area contributed by atoms with Crippen molar-refractivity contribution in [1.29, 1.82) is 0 Å². The fourth-order valence-corrected chi connectivity index (χ4v) is 5.27. The number of esters is 1. The van der Waals surface area contributed by atoms with E-state index in [4.69, 9.17) is 14.2 Å². The highest BCUT2D eigenvalue weighted by Gasteiger charge is 2.27. The Balaban J connectivity index is 0.000000409. The molecule has 1 saturated heterocycles. The molecule has 2 aliphatic rings. The number of hydrogen-bond donors (Lipinski definition) is 2. The van der Waals surface area contributed by atoms with Gasteiger partial charge in [0.2, 0.25) is 0 Å². The van der Waals surface area contributed by atoms with Gasteiger partial charge in [0.05, 0.1) is 6.61 Å². The minimum absolute atomic E-state index is 0.0177. The van der Waals surface area contributed by atoms with Gasteiger partial charge in [-0.3, -0.25) is 14.5 Å². The molecule has 1 atom stereocenters. The summed E-state index contributed by atoms with van der Waals surface area (Å²) >= 11 is 0. The molecule has 1 heterocycles. The van der Waals surface area contributed by atoms with Gasteiger partial charge in [-0.1, -0.05) is 60.7 Å². The molecule has 1 aliphatic carbocycles. The maximum absolute atomic E-state index is 13.3. The predicted octanol–water partition coefficient (Wildman–Crippen LogP) is 5.66. The maximum atomic E-state index is 13.3. The number of likely N-dealkylation sites (N-methyl/N-ethyl adjacent to an activating group) is 1. The molecule has 9 nitrogen and oxygen atoms in total. The first-order valence-corrected chi connectivity index (χ1v) is 16.3. The van der Waals surface area contributed by atoms with Crippen LogP contribution in [0.2, 0.25) is 0 Å². The van der Waals surface area contributed by atoms with E-state index in [2.05, 4.69) is 33.8 Å². The Labute approximate surface area is 274 Å². The second-order valence-corrected chi connectivity index (χ2v) is 12.5. The summed E-state index contributed by atoms with van der Waals surface area (Å²) in [5, 5.41) is 5.53. The number of piperidine rings is 1. The second kappa shape index (κ2) is 19.5. The molecule has 0 bridgehead atoms. The normalized spacial score (nSPS) is 15.9. The van der Waals surface area contributed by atoms with Gasteiger partial charge in [0.25, 0.3) is 0 Å². The molecular weight excluding hydrogens is 582 g/mol. The quantitative estimate of drug-likeness (QED) is 0.166. The fraction of sp³-hybridized carbons (Fsp3) is 0.486. The number of allylic oxidation sites excluding steroid dienone is 2. The van der Waals surface area contributed by atoms with E-state index in [9.17, 15) is 14.4 Å². The van der Waals surface area contributed by atoms with E-state index in [1.807, 2.05) is 76.3 Å². The first-order chi connectivity index (χ1) is 22.2. The van der Waals surface area contributed by atoms with Crippen LogP contribution in [0.1, 0.15) is 63.5 Å². The summed E-state index contributed by atoms with van der Waals surface area (Å²) in [6, 6.07) is 17.0. The Morgan fingerprint density at radius 3 is 2.39 bits per heavy atom. The third-order valence-electron chi connectivity index (χ3n) is 7.57. The number of carbonyl (C=O) groups is 3. The van der Waals surface area contributed by atoms with E-state index in [0.717, 1.165) is 63.0 Å². The zero-order chi connectivity index (χ0) is 33.2. The number of amides is 1. The smallest absolute Gasteiger partial charge is 0.407 e. The van der Waals surface area contributed by atoms with Gasteiger partial charge in [-0.2, -0.15) is 0 Å². The largest absolute Gasteiger partial charge is 0.486 e. The van der Waals surface area contributed by atoms with E-state index in [0.29, 0.717) is 31.1 Å². The molecule has 9 heteroatoms. The molecule has 1 amide bonds. The lowest BCUT2D eigenvalue weighted by Crippen LogP contribution is -2.36. The van der Waals surface area contributed by atoms with Crippen LogP contribution < -0.4 is 15.4 Å². The molecule has 2 aromatic carbocycles. The monoisotopic (exact) mass is 633 g/mol.